The number of nitrogens with two attached hydrogens (primary N) is 1. The van der Waals surface area contributed by atoms with Gasteiger partial charge in [0.2, 0.25) is 0 Å². The van der Waals surface area contributed by atoms with Crippen molar-refractivity contribution in [2.24, 2.45) is 11.7 Å². The summed E-state index contributed by atoms with van der Waals surface area (Å²) in [4.78, 5) is 4.56. The first-order valence-corrected chi connectivity index (χ1v) is 7.87. The van der Waals surface area contributed by atoms with Crippen molar-refractivity contribution >= 4 is 10.9 Å². The SMILES string of the molecule is Cc1ccc2cc(C(N)C3CCCCCC3)ccc2n1. The quantitative estimate of drug-likeness (QED) is 0.814. The van der Waals surface area contributed by atoms with E-state index in [2.05, 4.69) is 35.3 Å². The first kappa shape index (κ1) is 13.6. The molecule has 20 heavy (non-hydrogen) atoms. The molecule has 1 unspecified atom stereocenters. The Morgan fingerprint density at radius 1 is 1.05 bits per heavy atom. The van der Waals surface area contributed by atoms with Crippen LogP contribution >= 0.6 is 0 Å². The maximum atomic E-state index is 6.54. The first-order chi connectivity index (χ1) is 9.74. The molecule has 1 atom stereocenters. The zero-order valence-electron chi connectivity index (χ0n) is 12.3. The Morgan fingerprint density at radius 3 is 2.55 bits per heavy atom. The average molecular weight is 268 g/mol. The molecule has 1 aromatic heterocycles. The van der Waals surface area contributed by atoms with Crippen molar-refractivity contribution in [2.45, 2.75) is 51.5 Å². The maximum Gasteiger partial charge on any atom is 0.0705 e. The van der Waals surface area contributed by atoms with Crippen LogP contribution in [0.1, 0.15) is 55.8 Å². The lowest BCUT2D eigenvalue weighted by molar-refractivity contribution is 0.382. The van der Waals surface area contributed by atoms with Gasteiger partial charge in [0, 0.05) is 17.1 Å². The maximum absolute atomic E-state index is 6.54. The van der Waals surface area contributed by atoms with Gasteiger partial charge in [0.15, 0.2) is 0 Å². The molecule has 0 spiro atoms. The van der Waals surface area contributed by atoms with Crippen molar-refractivity contribution in [3.8, 4) is 0 Å². The Balaban J connectivity index is 1.86. The highest BCUT2D eigenvalue weighted by atomic mass is 14.7. The van der Waals surface area contributed by atoms with Crippen LogP contribution in [0.4, 0.5) is 0 Å². The third-order valence-corrected chi connectivity index (χ3v) is 4.65. The van der Waals surface area contributed by atoms with Gasteiger partial charge >= 0.3 is 0 Å². The number of fused-ring (bicyclic) bond motifs is 1. The molecule has 1 heterocycles. The number of aromatic nitrogens is 1. The van der Waals surface area contributed by atoms with Crippen LogP contribution in [0, 0.1) is 12.8 Å². The molecule has 3 rings (SSSR count). The van der Waals surface area contributed by atoms with Crippen LogP contribution in [0.25, 0.3) is 10.9 Å². The van der Waals surface area contributed by atoms with Crippen molar-refractivity contribution in [2.75, 3.05) is 0 Å². The summed E-state index contributed by atoms with van der Waals surface area (Å²) < 4.78 is 0. The molecule has 1 aliphatic rings. The van der Waals surface area contributed by atoms with E-state index in [-0.39, 0.29) is 6.04 Å². The first-order valence-electron chi connectivity index (χ1n) is 7.87. The summed E-state index contributed by atoms with van der Waals surface area (Å²) in [5.74, 6) is 0.647. The third-order valence-electron chi connectivity index (χ3n) is 4.65. The van der Waals surface area contributed by atoms with E-state index < -0.39 is 0 Å². The van der Waals surface area contributed by atoms with E-state index in [0.717, 1.165) is 11.2 Å². The van der Waals surface area contributed by atoms with Crippen molar-refractivity contribution < 1.29 is 0 Å². The fourth-order valence-electron chi connectivity index (χ4n) is 3.40. The lowest BCUT2D eigenvalue weighted by Crippen LogP contribution is -2.21. The van der Waals surface area contributed by atoms with Crippen molar-refractivity contribution in [3.63, 3.8) is 0 Å². The predicted molar refractivity (Wildman–Crippen MR) is 84.6 cm³/mol. The fourth-order valence-corrected chi connectivity index (χ4v) is 3.40. The average Bonchev–Trinajstić information content (AvgIpc) is 2.75. The molecule has 2 heteroatoms. The van der Waals surface area contributed by atoms with Gasteiger partial charge in [-0.15, -0.1) is 0 Å². The predicted octanol–water partition coefficient (Wildman–Crippen LogP) is 4.51. The standard InChI is InChI=1S/C18H24N2/c1-13-8-9-15-12-16(10-11-17(15)20-13)18(19)14-6-4-2-3-5-7-14/h8-12,14,18H,2-7,19H2,1H3. The molecular formula is C18H24N2. The summed E-state index contributed by atoms with van der Waals surface area (Å²) in [5, 5.41) is 1.21. The monoisotopic (exact) mass is 268 g/mol. The third kappa shape index (κ3) is 2.85. The highest BCUT2D eigenvalue weighted by Gasteiger charge is 2.21. The second-order valence-electron chi connectivity index (χ2n) is 6.18. The zero-order valence-corrected chi connectivity index (χ0v) is 12.3. The van der Waals surface area contributed by atoms with Crippen LogP contribution in [-0.2, 0) is 0 Å². The highest BCUT2D eigenvalue weighted by molar-refractivity contribution is 5.79. The lowest BCUT2D eigenvalue weighted by atomic mass is 9.87. The van der Waals surface area contributed by atoms with Gasteiger partial charge in [-0.1, -0.05) is 37.8 Å². The van der Waals surface area contributed by atoms with E-state index in [9.17, 15) is 0 Å². The smallest absolute Gasteiger partial charge is 0.0705 e. The molecule has 0 bridgehead atoms. The van der Waals surface area contributed by atoms with Gasteiger partial charge < -0.3 is 5.73 Å². The molecule has 2 aromatic rings. The summed E-state index contributed by atoms with van der Waals surface area (Å²) in [6, 6.07) is 10.9. The minimum absolute atomic E-state index is 0.179. The van der Waals surface area contributed by atoms with Gasteiger partial charge in [-0.05, 0) is 49.4 Å². The van der Waals surface area contributed by atoms with E-state index in [1.807, 2.05) is 6.92 Å². The Hall–Kier alpha value is -1.41. The Morgan fingerprint density at radius 2 is 1.80 bits per heavy atom. The van der Waals surface area contributed by atoms with Gasteiger partial charge in [0.25, 0.3) is 0 Å². The molecule has 2 nitrogen and oxygen atoms in total. The minimum atomic E-state index is 0.179. The summed E-state index contributed by atoms with van der Waals surface area (Å²) in [5.41, 5.74) is 9.95. The normalized spacial score (nSPS) is 18.9. The van der Waals surface area contributed by atoms with Gasteiger partial charge in [-0.3, -0.25) is 4.98 Å². The van der Waals surface area contributed by atoms with E-state index in [4.69, 9.17) is 5.73 Å². The number of benzene rings is 1. The molecule has 106 valence electrons. The van der Waals surface area contributed by atoms with E-state index in [1.165, 1.54) is 49.5 Å². The molecular weight excluding hydrogens is 244 g/mol. The molecule has 1 fully saturated rings. The van der Waals surface area contributed by atoms with Gasteiger partial charge in [0.1, 0.15) is 0 Å². The van der Waals surface area contributed by atoms with E-state index in [0.29, 0.717) is 5.92 Å². The van der Waals surface area contributed by atoms with E-state index >= 15 is 0 Å². The summed E-state index contributed by atoms with van der Waals surface area (Å²) in [7, 11) is 0. The van der Waals surface area contributed by atoms with Crippen LogP contribution in [-0.4, -0.2) is 4.98 Å². The second-order valence-corrected chi connectivity index (χ2v) is 6.18. The number of pyridine rings is 1. The van der Waals surface area contributed by atoms with Crippen LogP contribution in [0.15, 0.2) is 30.3 Å². The molecule has 0 saturated heterocycles. The number of hydrogen-bond acceptors (Lipinski definition) is 2. The minimum Gasteiger partial charge on any atom is -0.324 e. The highest BCUT2D eigenvalue weighted by Crippen LogP contribution is 2.32. The number of rotatable bonds is 2. The summed E-state index contributed by atoms with van der Waals surface area (Å²) in [6.07, 6.45) is 8.00. The lowest BCUT2D eigenvalue weighted by Gasteiger charge is -2.23. The van der Waals surface area contributed by atoms with Crippen molar-refractivity contribution in [1.29, 1.82) is 0 Å². The molecule has 1 saturated carbocycles. The molecule has 0 radical (unpaired) electrons. The van der Waals surface area contributed by atoms with Crippen LogP contribution < -0.4 is 5.73 Å². The van der Waals surface area contributed by atoms with Crippen LogP contribution in [0.2, 0.25) is 0 Å². The summed E-state index contributed by atoms with van der Waals surface area (Å²) in [6.45, 7) is 2.03. The Kier molecular flexibility index (Phi) is 4.02. The van der Waals surface area contributed by atoms with Crippen LogP contribution in [0.3, 0.4) is 0 Å². The van der Waals surface area contributed by atoms with Gasteiger partial charge in [0.05, 0.1) is 5.52 Å². The molecule has 0 aliphatic heterocycles. The molecule has 1 aliphatic carbocycles. The van der Waals surface area contributed by atoms with E-state index in [1.54, 1.807) is 0 Å². The number of hydrogen-bond donors (Lipinski definition) is 1. The summed E-state index contributed by atoms with van der Waals surface area (Å²) >= 11 is 0. The molecule has 2 N–H and O–H groups in total. The fraction of sp³-hybridized carbons (Fsp3) is 0.500. The largest absolute Gasteiger partial charge is 0.324 e. The van der Waals surface area contributed by atoms with Crippen molar-refractivity contribution in [3.05, 3.63) is 41.6 Å². The molecule has 0 amide bonds. The zero-order chi connectivity index (χ0) is 13.9. The van der Waals surface area contributed by atoms with Gasteiger partial charge in [-0.2, -0.15) is 0 Å². The Bertz CT molecular complexity index is 583. The van der Waals surface area contributed by atoms with Crippen LogP contribution in [0.5, 0.6) is 0 Å². The van der Waals surface area contributed by atoms with Gasteiger partial charge in [-0.25, -0.2) is 0 Å². The Labute approximate surface area is 121 Å². The number of aryl methyl sites for hydroxylation is 1. The van der Waals surface area contributed by atoms with Crippen molar-refractivity contribution in [1.82, 2.24) is 4.98 Å². The molecule has 1 aromatic carbocycles. The number of nitrogens with zero attached hydrogens (tertiary/aromatic N) is 1. The second kappa shape index (κ2) is 5.92. The topological polar surface area (TPSA) is 38.9 Å².